The van der Waals surface area contributed by atoms with E-state index in [-0.39, 0.29) is 0 Å². The Balaban J connectivity index is 2.03. The number of ether oxygens (including phenoxy) is 1. The normalized spacial score (nSPS) is 17.9. The molecule has 1 fully saturated rings. The molecule has 0 atom stereocenters. The highest BCUT2D eigenvalue weighted by Crippen LogP contribution is 2.27. The molecular formula is C12H20N2O2. The standard InChI is InChI=1S/C12H20N2O2/c1-9-11(3-2-6-13)16-12(14-9)10-4-7-15-8-5-10/h10H,2-8,13H2,1H3. The first-order valence-corrected chi connectivity index (χ1v) is 6.05. The number of hydrogen-bond acceptors (Lipinski definition) is 4. The maximum Gasteiger partial charge on any atom is 0.197 e. The van der Waals surface area contributed by atoms with Gasteiger partial charge in [0.15, 0.2) is 5.89 Å². The Morgan fingerprint density at radius 1 is 1.38 bits per heavy atom. The number of aryl methyl sites for hydroxylation is 2. The van der Waals surface area contributed by atoms with Crippen LogP contribution in [0.1, 0.15) is 42.5 Å². The second kappa shape index (κ2) is 5.46. The lowest BCUT2D eigenvalue weighted by Crippen LogP contribution is -2.14. The van der Waals surface area contributed by atoms with Crippen LogP contribution >= 0.6 is 0 Å². The molecule has 2 heterocycles. The molecule has 0 unspecified atom stereocenters. The van der Waals surface area contributed by atoms with Gasteiger partial charge in [0, 0.05) is 25.6 Å². The molecule has 0 aliphatic carbocycles. The second-order valence-electron chi connectivity index (χ2n) is 4.34. The van der Waals surface area contributed by atoms with Gasteiger partial charge in [-0.3, -0.25) is 0 Å². The zero-order valence-electron chi connectivity index (χ0n) is 9.87. The van der Waals surface area contributed by atoms with E-state index < -0.39 is 0 Å². The molecular weight excluding hydrogens is 204 g/mol. The number of hydrogen-bond donors (Lipinski definition) is 1. The van der Waals surface area contributed by atoms with E-state index in [0.717, 1.165) is 56.2 Å². The largest absolute Gasteiger partial charge is 0.445 e. The van der Waals surface area contributed by atoms with E-state index in [1.165, 1.54) is 0 Å². The van der Waals surface area contributed by atoms with Gasteiger partial charge in [0.05, 0.1) is 5.69 Å². The Morgan fingerprint density at radius 3 is 2.81 bits per heavy atom. The van der Waals surface area contributed by atoms with Crippen molar-refractivity contribution in [3.63, 3.8) is 0 Å². The van der Waals surface area contributed by atoms with Crippen LogP contribution in [0.15, 0.2) is 4.42 Å². The van der Waals surface area contributed by atoms with Gasteiger partial charge in [0.2, 0.25) is 0 Å². The van der Waals surface area contributed by atoms with Crippen molar-refractivity contribution in [2.24, 2.45) is 5.73 Å². The van der Waals surface area contributed by atoms with Gasteiger partial charge in [-0.05, 0) is 32.7 Å². The molecule has 0 aromatic carbocycles. The van der Waals surface area contributed by atoms with Gasteiger partial charge in [-0.25, -0.2) is 4.98 Å². The molecule has 2 rings (SSSR count). The fourth-order valence-electron chi connectivity index (χ4n) is 2.06. The molecule has 4 nitrogen and oxygen atoms in total. The number of aromatic nitrogens is 1. The first-order valence-electron chi connectivity index (χ1n) is 6.05. The highest BCUT2D eigenvalue weighted by atomic mass is 16.5. The van der Waals surface area contributed by atoms with Crippen LogP contribution in [0.2, 0.25) is 0 Å². The van der Waals surface area contributed by atoms with Crippen molar-refractivity contribution in [3.05, 3.63) is 17.3 Å². The SMILES string of the molecule is Cc1nc(C2CCOCC2)oc1CCCN. The molecule has 1 saturated heterocycles. The molecule has 90 valence electrons. The van der Waals surface area contributed by atoms with E-state index in [1.54, 1.807) is 0 Å². The summed E-state index contributed by atoms with van der Waals surface area (Å²) in [6, 6.07) is 0. The Bertz CT molecular complexity index is 330. The number of oxazole rings is 1. The first-order chi connectivity index (χ1) is 7.81. The number of rotatable bonds is 4. The number of nitrogens with zero attached hydrogens (tertiary/aromatic N) is 1. The van der Waals surface area contributed by atoms with Gasteiger partial charge in [0.25, 0.3) is 0 Å². The van der Waals surface area contributed by atoms with Crippen molar-refractivity contribution in [2.75, 3.05) is 19.8 Å². The summed E-state index contributed by atoms with van der Waals surface area (Å²) >= 11 is 0. The van der Waals surface area contributed by atoms with Gasteiger partial charge >= 0.3 is 0 Å². The molecule has 0 radical (unpaired) electrons. The molecule has 2 N–H and O–H groups in total. The Kier molecular flexibility index (Phi) is 3.96. The van der Waals surface area contributed by atoms with Crippen LogP contribution in [0, 0.1) is 6.92 Å². The lowest BCUT2D eigenvalue weighted by atomic mass is 10.0. The van der Waals surface area contributed by atoms with Crippen molar-refractivity contribution in [1.82, 2.24) is 4.98 Å². The fraction of sp³-hybridized carbons (Fsp3) is 0.750. The van der Waals surface area contributed by atoms with Crippen molar-refractivity contribution < 1.29 is 9.15 Å². The Morgan fingerprint density at radius 2 is 2.12 bits per heavy atom. The third kappa shape index (κ3) is 2.62. The monoisotopic (exact) mass is 224 g/mol. The summed E-state index contributed by atoms with van der Waals surface area (Å²) in [5, 5.41) is 0. The second-order valence-corrected chi connectivity index (χ2v) is 4.34. The third-order valence-electron chi connectivity index (χ3n) is 3.09. The topological polar surface area (TPSA) is 61.3 Å². The first kappa shape index (κ1) is 11.6. The van der Waals surface area contributed by atoms with Gasteiger partial charge in [-0.15, -0.1) is 0 Å². The van der Waals surface area contributed by atoms with Crippen LogP contribution in [0.4, 0.5) is 0 Å². The van der Waals surface area contributed by atoms with Crippen LogP contribution in [0.25, 0.3) is 0 Å². The van der Waals surface area contributed by atoms with Crippen LogP contribution in [0.3, 0.4) is 0 Å². The molecule has 0 spiro atoms. The van der Waals surface area contributed by atoms with E-state index in [9.17, 15) is 0 Å². The van der Waals surface area contributed by atoms with E-state index in [1.807, 2.05) is 6.92 Å². The molecule has 1 aliphatic rings. The van der Waals surface area contributed by atoms with Gasteiger partial charge in [-0.1, -0.05) is 0 Å². The summed E-state index contributed by atoms with van der Waals surface area (Å²) in [6.45, 7) is 4.36. The predicted octanol–water partition coefficient (Wildman–Crippen LogP) is 1.77. The molecule has 1 aliphatic heterocycles. The zero-order valence-corrected chi connectivity index (χ0v) is 9.87. The smallest absolute Gasteiger partial charge is 0.197 e. The average molecular weight is 224 g/mol. The highest BCUT2D eigenvalue weighted by molar-refractivity contribution is 5.10. The van der Waals surface area contributed by atoms with Crippen LogP contribution in [0.5, 0.6) is 0 Å². The van der Waals surface area contributed by atoms with E-state index in [4.69, 9.17) is 14.9 Å². The summed E-state index contributed by atoms with van der Waals surface area (Å²) in [5.74, 6) is 2.35. The van der Waals surface area contributed by atoms with Crippen molar-refractivity contribution in [1.29, 1.82) is 0 Å². The summed E-state index contributed by atoms with van der Waals surface area (Å²) in [4.78, 5) is 4.52. The van der Waals surface area contributed by atoms with Gasteiger partial charge in [0.1, 0.15) is 5.76 Å². The molecule has 16 heavy (non-hydrogen) atoms. The average Bonchev–Trinajstić information content (AvgIpc) is 2.69. The Hall–Kier alpha value is -0.870. The van der Waals surface area contributed by atoms with Crippen molar-refractivity contribution in [2.45, 2.75) is 38.5 Å². The van der Waals surface area contributed by atoms with Gasteiger partial charge < -0.3 is 14.9 Å². The van der Waals surface area contributed by atoms with Crippen LogP contribution in [-0.4, -0.2) is 24.7 Å². The van der Waals surface area contributed by atoms with Gasteiger partial charge in [-0.2, -0.15) is 0 Å². The summed E-state index contributed by atoms with van der Waals surface area (Å²) < 4.78 is 11.2. The van der Waals surface area contributed by atoms with E-state index >= 15 is 0 Å². The maximum atomic E-state index is 5.83. The van der Waals surface area contributed by atoms with Crippen LogP contribution < -0.4 is 5.73 Å². The van der Waals surface area contributed by atoms with Crippen molar-refractivity contribution in [3.8, 4) is 0 Å². The minimum Gasteiger partial charge on any atom is -0.445 e. The quantitative estimate of drug-likeness (QED) is 0.846. The van der Waals surface area contributed by atoms with Crippen LogP contribution in [-0.2, 0) is 11.2 Å². The molecule has 0 bridgehead atoms. The Labute approximate surface area is 96.2 Å². The van der Waals surface area contributed by atoms with E-state index in [0.29, 0.717) is 12.5 Å². The summed E-state index contributed by atoms with van der Waals surface area (Å²) in [7, 11) is 0. The summed E-state index contributed by atoms with van der Waals surface area (Å²) in [5.41, 5.74) is 6.52. The minimum absolute atomic E-state index is 0.444. The lowest BCUT2D eigenvalue weighted by Gasteiger charge is -2.18. The highest BCUT2D eigenvalue weighted by Gasteiger charge is 2.22. The molecule has 0 amide bonds. The molecule has 1 aromatic heterocycles. The van der Waals surface area contributed by atoms with Crippen molar-refractivity contribution >= 4 is 0 Å². The maximum absolute atomic E-state index is 5.83. The molecule has 4 heteroatoms. The molecule has 0 saturated carbocycles. The minimum atomic E-state index is 0.444. The molecule has 1 aromatic rings. The van der Waals surface area contributed by atoms with E-state index in [2.05, 4.69) is 4.98 Å². The predicted molar refractivity (Wildman–Crippen MR) is 61.4 cm³/mol. The summed E-state index contributed by atoms with van der Waals surface area (Å²) in [6.07, 6.45) is 3.91. The third-order valence-corrected chi connectivity index (χ3v) is 3.09. The fourth-order valence-corrected chi connectivity index (χ4v) is 2.06. The number of nitrogens with two attached hydrogens (primary N) is 1. The lowest BCUT2D eigenvalue weighted by molar-refractivity contribution is 0.0791. The zero-order chi connectivity index (χ0) is 11.4.